The van der Waals surface area contributed by atoms with Gasteiger partial charge in [-0.2, -0.15) is 0 Å². The number of halogens is 1. The van der Waals surface area contributed by atoms with Gasteiger partial charge in [-0.1, -0.05) is 41.4 Å². The van der Waals surface area contributed by atoms with Gasteiger partial charge in [0.15, 0.2) is 23.0 Å². The number of aryl methyl sites for hydroxylation is 1. The maximum atomic E-state index is 13.2. The molecule has 9 nitrogen and oxygen atoms in total. The van der Waals surface area contributed by atoms with Crippen molar-refractivity contribution in [3.8, 4) is 23.0 Å². The van der Waals surface area contributed by atoms with Crippen LogP contribution >= 0.6 is 11.6 Å². The molecule has 10 heteroatoms. The number of nitrogens with zero attached hydrogens (tertiary/aromatic N) is 1. The van der Waals surface area contributed by atoms with Gasteiger partial charge in [-0.25, -0.2) is 9.69 Å². The van der Waals surface area contributed by atoms with Crippen molar-refractivity contribution in [2.75, 3.05) is 31.8 Å². The minimum Gasteiger partial charge on any atom is -0.493 e. The third-order valence-electron chi connectivity index (χ3n) is 5.69. The number of benzene rings is 3. The predicted molar refractivity (Wildman–Crippen MR) is 147 cm³/mol. The van der Waals surface area contributed by atoms with Crippen LogP contribution < -0.4 is 29.2 Å². The standard InChI is InChI=1S/C29H27ClN2O7/c1-4-37-25-17-19(16-22(30)26(25)39-14-13-38-24-8-6-5-7-23(24)36-3)15-21-27(33)31-29(35)32(28(21)34)20-11-9-18(2)10-12-20/h5-12,15-17H,4,13-14H2,1-3H3,(H,31,33,35). The van der Waals surface area contributed by atoms with Crippen LogP contribution in [-0.4, -0.2) is 44.8 Å². The summed E-state index contributed by atoms with van der Waals surface area (Å²) < 4.78 is 22.6. The van der Waals surface area contributed by atoms with Crippen LogP contribution in [0.5, 0.6) is 23.0 Å². The molecule has 39 heavy (non-hydrogen) atoms. The van der Waals surface area contributed by atoms with Crippen LogP contribution in [0.4, 0.5) is 10.5 Å². The molecule has 4 amide bonds. The van der Waals surface area contributed by atoms with Crippen LogP contribution in [0.1, 0.15) is 18.1 Å². The normalized spacial score (nSPS) is 14.3. The second kappa shape index (κ2) is 12.4. The number of urea groups is 1. The second-order valence-corrected chi connectivity index (χ2v) is 8.81. The monoisotopic (exact) mass is 550 g/mol. The van der Waals surface area contributed by atoms with E-state index < -0.39 is 17.8 Å². The first-order valence-electron chi connectivity index (χ1n) is 12.2. The number of para-hydroxylation sites is 2. The van der Waals surface area contributed by atoms with Crippen LogP contribution in [0.25, 0.3) is 6.08 Å². The predicted octanol–water partition coefficient (Wildman–Crippen LogP) is 5.18. The van der Waals surface area contributed by atoms with Crippen LogP contribution in [0.3, 0.4) is 0 Å². The molecule has 0 unspecified atom stereocenters. The molecule has 3 aromatic carbocycles. The lowest BCUT2D eigenvalue weighted by Gasteiger charge is -2.26. The van der Waals surface area contributed by atoms with Crippen molar-refractivity contribution in [3.05, 3.63) is 82.4 Å². The minimum absolute atomic E-state index is 0.160. The number of hydrogen-bond donors (Lipinski definition) is 1. The van der Waals surface area contributed by atoms with Crippen LogP contribution in [-0.2, 0) is 9.59 Å². The molecule has 0 spiro atoms. The molecule has 1 fully saturated rings. The van der Waals surface area contributed by atoms with E-state index in [-0.39, 0.29) is 23.8 Å². The maximum absolute atomic E-state index is 13.2. The van der Waals surface area contributed by atoms with Gasteiger partial charge in [0.05, 0.1) is 24.4 Å². The van der Waals surface area contributed by atoms with E-state index in [0.717, 1.165) is 10.5 Å². The summed E-state index contributed by atoms with van der Waals surface area (Å²) in [5, 5.41) is 2.42. The van der Waals surface area contributed by atoms with Crippen molar-refractivity contribution >= 4 is 41.2 Å². The fourth-order valence-electron chi connectivity index (χ4n) is 3.86. The number of hydrogen-bond acceptors (Lipinski definition) is 7. The average Bonchev–Trinajstić information content (AvgIpc) is 2.91. The zero-order chi connectivity index (χ0) is 27.9. The fourth-order valence-corrected chi connectivity index (χ4v) is 4.13. The number of carbonyl (C=O) groups excluding carboxylic acids is 3. The minimum atomic E-state index is -0.821. The maximum Gasteiger partial charge on any atom is 0.335 e. The molecule has 4 rings (SSSR count). The lowest BCUT2D eigenvalue weighted by molar-refractivity contribution is -0.122. The molecule has 1 aliphatic rings. The number of ether oxygens (including phenoxy) is 4. The highest BCUT2D eigenvalue weighted by Gasteiger charge is 2.36. The van der Waals surface area contributed by atoms with E-state index in [1.807, 2.05) is 19.1 Å². The summed E-state index contributed by atoms with van der Waals surface area (Å²) >= 11 is 6.52. The van der Waals surface area contributed by atoms with Gasteiger partial charge in [0, 0.05) is 0 Å². The van der Waals surface area contributed by atoms with Crippen LogP contribution in [0, 0.1) is 6.92 Å². The van der Waals surface area contributed by atoms with E-state index >= 15 is 0 Å². The molecule has 3 aromatic rings. The molecule has 0 saturated carbocycles. The van der Waals surface area contributed by atoms with Gasteiger partial charge in [-0.05, 0) is 61.9 Å². The highest BCUT2D eigenvalue weighted by molar-refractivity contribution is 6.39. The molecule has 0 atom stereocenters. The zero-order valence-corrected chi connectivity index (χ0v) is 22.4. The van der Waals surface area contributed by atoms with Gasteiger partial charge in [0.1, 0.15) is 18.8 Å². The third kappa shape index (κ3) is 6.32. The molecular formula is C29H27ClN2O7. The number of methoxy groups -OCH3 is 1. The summed E-state index contributed by atoms with van der Waals surface area (Å²) in [7, 11) is 1.56. The number of rotatable bonds is 10. The summed E-state index contributed by atoms with van der Waals surface area (Å²) in [6, 6.07) is 16.4. The van der Waals surface area contributed by atoms with Gasteiger partial charge < -0.3 is 18.9 Å². The molecule has 0 aromatic heterocycles. The summed E-state index contributed by atoms with van der Waals surface area (Å²) in [5.41, 5.74) is 1.49. The first-order chi connectivity index (χ1) is 18.8. The van der Waals surface area contributed by atoms with E-state index in [4.69, 9.17) is 30.5 Å². The molecule has 202 valence electrons. The Labute approximate surface area is 230 Å². The SMILES string of the molecule is CCOc1cc(C=C2C(=O)NC(=O)N(c3ccc(C)cc3)C2=O)cc(Cl)c1OCCOc1ccccc1OC. The highest BCUT2D eigenvalue weighted by Crippen LogP contribution is 2.38. The Morgan fingerprint density at radius 2 is 1.59 bits per heavy atom. The van der Waals surface area contributed by atoms with Crippen molar-refractivity contribution in [3.63, 3.8) is 0 Å². The van der Waals surface area contributed by atoms with E-state index in [1.165, 1.54) is 6.08 Å². The third-order valence-corrected chi connectivity index (χ3v) is 5.97. The summed E-state index contributed by atoms with van der Waals surface area (Å²) in [5.74, 6) is 0.235. The Kier molecular flexibility index (Phi) is 8.73. The van der Waals surface area contributed by atoms with E-state index in [2.05, 4.69) is 5.32 Å². The Balaban J connectivity index is 1.54. The van der Waals surface area contributed by atoms with Gasteiger partial charge in [-0.3, -0.25) is 14.9 Å². The lowest BCUT2D eigenvalue weighted by atomic mass is 10.1. The molecule has 0 bridgehead atoms. The van der Waals surface area contributed by atoms with Crippen molar-refractivity contribution < 1.29 is 33.3 Å². The number of anilines is 1. The topological polar surface area (TPSA) is 103 Å². The zero-order valence-electron chi connectivity index (χ0n) is 21.7. The second-order valence-electron chi connectivity index (χ2n) is 8.40. The summed E-state index contributed by atoms with van der Waals surface area (Å²) in [4.78, 5) is 39.2. The fraction of sp³-hybridized carbons (Fsp3) is 0.207. The van der Waals surface area contributed by atoms with Gasteiger partial charge in [0.25, 0.3) is 11.8 Å². The number of barbiturate groups is 1. The largest absolute Gasteiger partial charge is 0.493 e. The number of carbonyl (C=O) groups is 3. The Hall–Kier alpha value is -4.50. The molecular weight excluding hydrogens is 524 g/mol. The lowest BCUT2D eigenvalue weighted by Crippen LogP contribution is -2.54. The molecule has 1 heterocycles. The molecule has 1 N–H and O–H groups in total. The van der Waals surface area contributed by atoms with Crippen molar-refractivity contribution in [1.29, 1.82) is 0 Å². The quantitative estimate of drug-likeness (QED) is 0.211. The van der Waals surface area contributed by atoms with E-state index in [0.29, 0.717) is 40.9 Å². The molecule has 1 saturated heterocycles. The number of nitrogens with one attached hydrogen (secondary N) is 1. The number of imide groups is 2. The molecule has 0 radical (unpaired) electrons. The van der Waals surface area contributed by atoms with Crippen molar-refractivity contribution in [2.45, 2.75) is 13.8 Å². The first-order valence-corrected chi connectivity index (χ1v) is 12.5. The summed E-state index contributed by atoms with van der Waals surface area (Å²) in [6.07, 6.45) is 1.36. The van der Waals surface area contributed by atoms with Gasteiger partial charge in [0.2, 0.25) is 0 Å². The Morgan fingerprint density at radius 3 is 2.28 bits per heavy atom. The highest BCUT2D eigenvalue weighted by atomic mass is 35.5. The van der Waals surface area contributed by atoms with Crippen molar-refractivity contribution in [2.24, 2.45) is 0 Å². The van der Waals surface area contributed by atoms with E-state index in [9.17, 15) is 14.4 Å². The van der Waals surface area contributed by atoms with Crippen LogP contribution in [0.15, 0.2) is 66.2 Å². The molecule has 0 aliphatic carbocycles. The summed E-state index contributed by atoms with van der Waals surface area (Å²) in [6.45, 7) is 4.38. The van der Waals surface area contributed by atoms with Crippen molar-refractivity contribution in [1.82, 2.24) is 5.32 Å². The Morgan fingerprint density at radius 1 is 0.897 bits per heavy atom. The Bertz CT molecular complexity index is 1420. The van der Waals surface area contributed by atoms with Gasteiger partial charge >= 0.3 is 6.03 Å². The van der Waals surface area contributed by atoms with Crippen LogP contribution in [0.2, 0.25) is 5.02 Å². The smallest absolute Gasteiger partial charge is 0.335 e. The molecule has 1 aliphatic heterocycles. The first kappa shape index (κ1) is 27.5. The number of amides is 4. The average molecular weight is 551 g/mol. The van der Waals surface area contributed by atoms with Gasteiger partial charge in [-0.15, -0.1) is 0 Å². The van der Waals surface area contributed by atoms with E-state index in [1.54, 1.807) is 62.6 Å².